The van der Waals surface area contributed by atoms with Gasteiger partial charge in [-0.1, -0.05) is 32.0 Å². The summed E-state index contributed by atoms with van der Waals surface area (Å²) in [4.78, 5) is 18.5. The summed E-state index contributed by atoms with van der Waals surface area (Å²) in [6.07, 6.45) is 4.33. The zero-order valence-electron chi connectivity index (χ0n) is 15.9. The van der Waals surface area contributed by atoms with Crippen molar-refractivity contribution in [3.63, 3.8) is 0 Å². The zero-order valence-corrected chi connectivity index (χ0v) is 16.7. The molecule has 1 fully saturated rings. The topological polar surface area (TPSA) is 79.4 Å². The van der Waals surface area contributed by atoms with Crippen LogP contribution >= 0.6 is 0 Å². The van der Waals surface area contributed by atoms with E-state index in [2.05, 4.69) is 16.6 Å². The van der Waals surface area contributed by atoms with E-state index in [0.29, 0.717) is 31.1 Å². The van der Waals surface area contributed by atoms with Crippen molar-refractivity contribution in [2.24, 2.45) is 5.92 Å². The Labute approximate surface area is 160 Å². The van der Waals surface area contributed by atoms with Crippen LogP contribution in [0.25, 0.3) is 0 Å². The third-order valence-electron chi connectivity index (χ3n) is 4.99. The fourth-order valence-electron chi connectivity index (χ4n) is 3.42. The van der Waals surface area contributed by atoms with Crippen LogP contribution in [0, 0.1) is 12.8 Å². The molecule has 0 spiro atoms. The molecule has 1 atom stereocenters. The number of rotatable bonds is 5. The van der Waals surface area contributed by atoms with Crippen molar-refractivity contribution in [3.8, 4) is 0 Å². The Kier molecular flexibility index (Phi) is 5.51. The smallest absolute Gasteiger partial charge is 0.264 e. The number of aromatic nitrogens is 1. The van der Waals surface area contributed by atoms with Gasteiger partial charge in [-0.3, -0.25) is 14.5 Å². The third-order valence-corrected chi connectivity index (χ3v) is 6.37. The number of amides is 1. The van der Waals surface area contributed by atoms with Crippen LogP contribution in [-0.4, -0.2) is 37.3 Å². The van der Waals surface area contributed by atoms with Crippen LogP contribution in [-0.2, 0) is 16.4 Å². The highest BCUT2D eigenvalue weighted by Gasteiger charge is 2.29. The van der Waals surface area contributed by atoms with Crippen LogP contribution in [0.3, 0.4) is 0 Å². The van der Waals surface area contributed by atoms with Crippen LogP contribution in [0.4, 0.5) is 5.69 Å². The molecule has 1 amide bonds. The van der Waals surface area contributed by atoms with Gasteiger partial charge < -0.3 is 4.90 Å². The van der Waals surface area contributed by atoms with Crippen LogP contribution in [0.5, 0.6) is 0 Å². The molecule has 2 aromatic rings. The molecule has 1 saturated heterocycles. The molecule has 7 heteroatoms. The molecular weight excluding hydrogens is 362 g/mol. The molecule has 0 saturated carbocycles. The van der Waals surface area contributed by atoms with E-state index in [1.165, 1.54) is 18.5 Å². The number of hydrogen-bond acceptors (Lipinski definition) is 4. The maximum atomic E-state index is 13.1. The molecule has 0 aliphatic carbocycles. The Balaban J connectivity index is 1.98. The molecule has 1 N–H and O–H groups in total. The second kappa shape index (κ2) is 7.68. The molecule has 6 nitrogen and oxygen atoms in total. The first kappa shape index (κ1) is 19.4. The molecule has 27 heavy (non-hydrogen) atoms. The summed E-state index contributed by atoms with van der Waals surface area (Å²) >= 11 is 0. The van der Waals surface area contributed by atoms with Gasteiger partial charge in [0.1, 0.15) is 4.90 Å². The summed E-state index contributed by atoms with van der Waals surface area (Å²) in [6, 6.07) is 7.14. The van der Waals surface area contributed by atoms with E-state index in [1.807, 2.05) is 32.0 Å². The largest absolute Gasteiger partial charge is 0.338 e. The van der Waals surface area contributed by atoms with Crippen molar-refractivity contribution in [2.45, 2.75) is 38.5 Å². The minimum atomic E-state index is -3.95. The highest BCUT2D eigenvalue weighted by atomic mass is 32.2. The second-order valence-electron chi connectivity index (χ2n) is 7.08. The summed E-state index contributed by atoms with van der Waals surface area (Å²) in [5.74, 6) is 0.163. The number of para-hydroxylation sites is 1. The maximum Gasteiger partial charge on any atom is 0.264 e. The van der Waals surface area contributed by atoms with Gasteiger partial charge in [0.15, 0.2) is 0 Å². The number of likely N-dealkylation sites (tertiary alicyclic amines) is 1. The van der Waals surface area contributed by atoms with Gasteiger partial charge in [-0.25, -0.2) is 8.42 Å². The van der Waals surface area contributed by atoms with Gasteiger partial charge in [-0.05, 0) is 42.9 Å². The van der Waals surface area contributed by atoms with Crippen molar-refractivity contribution in [1.82, 2.24) is 9.88 Å². The van der Waals surface area contributed by atoms with E-state index >= 15 is 0 Å². The van der Waals surface area contributed by atoms with Crippen molar-refractivity contribution in [3.05, 3.63) is 53.3 Å². The molecule has 2 heterocycles. The third kappa shape index (κ3) is 3.98. The molecule has 3 rings (SSSR count). The molecule has 1 aromatic carbocycles. The number of anilines is 1. The molecule has 1 aliphatic rings. The Morgan fingerprint density at radius 2 is 2.11 bits per heavy atom. The number of benzene rings is 1. The number of hydrogen-bond donors (Lipinski definition) is 1. The normalized spacial score (nSPS) is 17.1. The van der Waals surface area contributed by atoms with Gasteiger partial charge in [0, 0.05) is 25.5 Å². The van der Waals surface area contributed by atoms with Crippen molar-refractivity contribution in [1.29, 1.82) is 0 Å². The van der Waals surface area contributed by atoms with Crippen molar-refractivity contribution in [2.75, 3.05) is 17.8 Å². The maximum absolute atomic E-state index is 13.1. The van der Waals surface area contributed by atoms with E-state index in [4.69, 9.17) is 0 Å². The van der Waals surface area contributed by atoms with E-state index in [1.54, 1.807) is 4.90 Å². The van der Waals surface area contributed by atoms with Gasteiger partial charge >= 0.3 is 0 Å². The van der Waals surface area contributed by atoms with Gasteiger partial charge in [-0.15, -0.1) is 0 Å². The number of nitrogens with one attached hydrogen (secondary N) is 1. The molecular formula is C20H25N3O3S. The quantitative estimate of drug-likeness (QED) is 0.854. The van der Waals surface area contributed by atoms with Gasteiger partial charge in [0.05, 0.1) is 11.3 Å². The number of sulfonamides is 1. The molecule has 0 bridgehead atoms. The first-order valence-corrected chi connectivity index (χ1v) is 10.7. The monoisotopic (exact) mass is 387 g/mol. The van der Waals surface area contributed by atoms with E-state index in [0.717, 1.165) is 17.5 Å². The minimum absolute atomic E-state index is 0.0835. The average molecular weight is 388 g/mol. The van der Waals surface area contributed by atoms with Gasteiger partial charge in [0.2, 0.25) is 0 Å². The summed E-state index contributed by atoms with van der Waals surface area (Å²) < 4.78 is 28.9. The molecule has 1 unspecified atom stereocenters. The average Bonchev–Trinajstić information content (AvgIpc) is 3.09. The van der Waals surface area contributed by atoms with Crippen LogP contribution in [0.2, 0.25) is 0 Å². The summed E-state index contributed by atoms with van der Waals surface area (Å²) in [5.41, 5.74) is 2.47. The summed E-state index contributed by atoms with van der Waals surface area (Å²) in [6.45, 7) is 7.21. The lowest BCUT2D eigenvalue weighted by Gasteiger charge is -2.19. The van der Waals surface area contributed by atoms with Crippen molar-refractivity contribution >= 4 is 21.6 Å². The molecule has 0 radical (unpaired) electrons. The lowest BCUT2D eigenvalue weighted by atomic mass is 10.1. The van der Waals surface area contributed by atoms with E-state index in [-0.39, 0.29) is 16.4 Å². The number of carbonyl (C=O) groups excluding carboxylic acids is 1. The van der Waals surface area contributed by atoms with Gasteiger partial charge in [0.25, 0.3) is 15.9 Å². The second-order valence-corrected chi connectivity index (χ2v) is 8.74. The SMILES string of the molecule is CCc1cccc(C)c1NS(=O)(=O)c1cnccc1C(=O)N1CCC(C)C1. The number of aryl methyl sites for hydroxylation is 2. The highest BCUT2D eigenvalue weighted by Crippen LogP contribution is 2.27. The predicted molar refractivity (Wildman–Crippen MR) is 105 cm³/mol. The Morgan fingerprint density at radius 3 is 2.78 bits per heavy atom. The van der Waals surface area contributed by atoms with Crippen molar-refractivity contribution < 1.29 is 13.2 Å². The first-order valence-electron chi connectivity index (χ1n) is 9.18. The predicted octanol–water partition coefficient (Wildman–Crippen LogP) is 3.24. The van der Waals surface area contributed by atoms with Crippen LogP contribution < -0.4 is 4.72 Å². The van der Waals surface area contributed by atoms with E-state index in [9.17, 15) is 13.2 Å². The molecule has 144 valence electrons. The number of carbonyl (C=O) groups is 1. The van der Waals surface area contributed by atoms with E-state index < -0.39 is 10.0 Å². The fraction of sp³-hybridized carbons (Fsp3) is 0.400. The minimum Gasteiger partial charge on any atom is -0.338 e. The Bertz CT molecular complexity index is 957. The highest BCUT2D eigenvalue weighted by molar-refractivity contribution is 7.92. The Morgan fingerprint density at radius 1 is 1.33 bits per heavy atom. The van der Waals surface area contributed by atoms with Crippen LogP contribution in [0.1, 0.15) is 41.8 Å². The fourth-order valence-corrected chi connectivity index (χ4v) is 4.73. The number of pyridine rings is 1. The lowest BCUT2D eigenvalue weighted by Crippen LogP contribution is -2.30. The first-order chi connectivity index (χ1) is 12.8. The summed E-state index contributed by atoms with van der Waals surface area (Å²) in [5, 5.41) is 0. The summed E-state index contributed by atoms with van der Waals surface area (Å²) in [7, 11) is -3.95. The standard InChI is InChI=1S/C20H25N3O3S/c1-4-16-7-5-6-15(3)19(16)22-27(25,26)18-12-21-10-8-17(18)20(24)23-11-9-14(2)13-23/h5-8,10,12,14,22H,4,9,11,13H2,1-3H3. The molecule has 1 aliphatic heterocycles. The number of nitrogens with zero attached hydrogens (tertiary/aromatic N) is 2. The zero-order chi connectivity index (χ0) is 19.6. The van der Waals surface area contributed by atoms with Gasteiger partial charge in [-0.2, -0.15) is 0 Å². The van der Waals surface area contributed by atoms with Crippen LogP contribution in [0.15, 0.2) is 41.6 Å². The lowest BCUT2D eigenvalue weighted by molar-refractivity contribution is 0.0784. The molecule has 1 aromatic heterocycles. The Hall–Kier alpha value is -2.41.